The Morgan fingerprint density at radius 2 is 1.77 bits per heavy atom. The van der Waals surface area contributed by atoms with E-state index in [-0.39, 0.29) is 5.54 Å². The summed E-state index contributed by atoms with van der Waals surface area (Å²) >= 11 is 0. The summed E-state index contributed by atoms with van der Waals surface area (Å²) in [4.78, 5) is 2.15. The molecule has 1 unspecified atom stereocenters. The average molecular weight is 188 g/mol. The Labute approximate surface area is 81.9 Å². The van der Waals surface area contributed by atoms with Crippen molar-refractivity contribution in [3.63, 3.8) is 0 Å². The maximum Gasteiger partial charge on any atom is 0.0867 e. The molecule has 1 atom stereocenters. The summed E-state index contributed by atoms with van der Waals surface area (Å²) in [5, 5.41) is 9.79. The molecule has 0 aliphatic carbocycles. The Hall–Kier alpha value is -0.120. The van der Waals surface area contributed by atoms with E-state index < -0.39 is 5.60 Å². The number of aliphatic hydroxyl groups is 1. The molecule has 3 heteroatoms. The lowest BCUT2D eigenvalue weighted by Gasteiger charge is -2.39. The highest BCUT2D eigenvalue weighted by molar-refractivity contribution is 4.84. The Morgan fingerprint density at radius 3 is 2.08 bits per heavy atom. The molecule has 80 valence electrons. The highest BCUT2D eigenvalue weighted by Crippen LogP contribution is 2.18. The van der Waals surface area contributed by atoms with Gasteiger partial charge in [0.2, 0.25) is 0 Å². The normalized spacial score (nSPS) is 17.5. The van der Waals surface area contributed by atoms with Crippen LogP contribution in [0, 0.1) is 0 Å². The minimum Gasteiger partial charge on any atom is -0.388 e. The van der Waals surface area contributed by atoms with Crippen molar-refractivity contribution in [3.8, 4) is 0 Å². The molecule has 0 aromatic heterocycles. The van der Waals surface area contributed by atoms with Crippen LogP contribution in [-0.4, -0.2) is 41.3 Å². The third-order valence-corrected chi connectivity index (χ3v) is 2.92. The van der Waals surface area contributed by atoms with Crippen molar-refractivity contribution in [1.82, 2.24) is 4.90 Å². The lowest BCUT2D eigenvalue weighted by molar-refractivity contribution is 0.00368. The van der Waals surface area contributed by atoms with Crippen LogP contribution in [0.1, 0.15) is 34.1 Å². The number of nitrogens with zero attached hydrogens (tertiary/aromatic N) is 1. The van der Waals surface area contributed by atoms with Gasteiger partial charge in [-0.25, -0.2) is 0 Å². The van der Waals surface area contributed by atoms with E-state index in [2.05, 4.69) is 25.7 Å². The van der Waals surface area contributed by atoms with Crippen LogP contribution in [0.3, 0.4) is 0 Å². The number of rotatable bonds is 5. The Bertz CT molecular complexity index is 155. The molecule has 0 fully saturated rings. The van der Waals surface area contributed by atoms with Gasteiger partial charge in [-0.2, -0.15) is 0 Å². The van der Waals surface area contributed by atoms with Crippen LogP contribution in [0.15, 0.2) is 0 Å². The minimum absolute atomic E-state index is 0.124. The van der Waals surface area contributed by atoms with Gasteiger partial charge in [0.15, 0.2) is 0 Å². The smallest absolute Gasteiger partial charge is 0.0867 e. The Morgan fingerprint density at radius 1 is 1.31 bits per heavy atom. The zero-order valence-electron chi connectivity index (χ0n) is 9.59. The molecule has 0 bridgehead atoms. The van der Waals surface area contributed by atoms with Crippen LogP contribution in [0.4, 0.5) is 0 Å². The second kappa shape index (κ2) is 4.40. The van der Waals surface area contributed by atoms with Crippen LogP contribution in [0.25, 0.3) is 0 Å². The minimum atomic E-state index is -0.777. The molecule has 0 rings (SSSR count). The Balaban J connectivity index is 4.22. The summed E-state index contributed by atoms with van der Waals surface area (Å²) < 4.78 is 0. The first kappa shape index (κ1) is 12.9. The Kier molecular flexibility index (Phi) is 4.36. The summed E-state index contributed by atoms with van der Waals surface area (Å²) in [6.45, 7) is 9.17. The summed E-state index contributed by atoms with van der Waals surface area (Å²) in [5.74, 6) is 0. The van der Waals surface area contributed by atoms with Crippen molar-refractivity contribution in [2.75, 3.05) is 20.1 Å². The van der Waals surface area contributed by atoms with E-state index in [0.29, 0.717) is 13.1 Å². The van der Waals surface area contributed by atoms with Crippen molar-refractivity contribution in [2.45, 2.75) is 45.3 Å². The van der Waals surface area contributed by atoms with E-state index in [1.54, 1.807) is 6.92 Å². The fourth-order valence-corrected chi connectivity index (χ4v) is 1.06. The average Bonchev–Trinajstić information content (AvgIpc) is 2.04. The van der Waals surface area contributed by atoms with E-state index in [1.165, 1.54) is 0 Å². The molecule has 0 aliphatic rings. The van der Waals surface area contributed by atoms with Gasteiger partial charge in [-0.3, -0.25) is 4.90 Å². The predicted octanol–water partition coefficient (Wildman–Crippen LogP) is 0.817. The van der Waals surface area contributed by atoms with Crippen LogP contribution in [0.5, 0.6) is 0 Å². The quantitative estimate of drug-likeness (QED) is 0.671. The van der Waals surface area contributed by atoms with E-state index in [9.17, 15) is 5.11 Å². The SMILES string of the molecule is CCC(C)(C)N(C)CC(C)(O)CN. The molecule has 13 heavy (non-hydrogen) atoms. The summed E-state index contributed by atoms with van der Waals surface area (Å²) in [5.41, 5.74) is 4.81. The molecule has 3 nitrogen and oxygen atoms in total. The molecule has 0 amide bonds. The van der Waals surface area contributed by atoms with E-state index in [1.807, 2.05) is 7.05 Å². The molecular weight excluding hydrogens is 164 g/mol. The lowest BCUT2D eigenvalue weighted by atomic mass is 9.97. The van der Waals surface area contributed by atoms with Crippen molar-refractivity contribution in [2.24, 2.45) is 5.73 Å². The predicted molar refractivity (Wildman–Crippen MR) is 56.7 cm³/mol. The van der Waals surface area contributed by atoms with Crippen molar-refractivity contribution >= 4 is 0 Å². The summed E-state index contributed by atoms with van der Waals surface area (Å²) in [6, 6.07) is 0. The molecule has 0 saturated carbocycles. The van der Waals surface area contributed by atoms with Gasteiger partial charge in [0.1, 0.15) is 0 Å². The molecule has 0 aromatic carbocycles. The van der Waals surface area contributed by atoms with Crippen LogP contribution in [-0.2, 0) is 0 Å². The largest absolute Gasteiger partial charge is 0.388 e. The molecule has 0 spiro atoms. The van der Waals surface area contributed by atoms with Crippen molar-refractivity contribution in [1.29, 1.82) is 0 Å². The molecule has 3 N–H and O–H groups in total. The van der Waals surface area contributed by atoms with Gasteiger partial charge >= 0.3 is 0 Å². The highest BCUT2D eigenvalue weighted by atomic mass is 16.3. The summed E-state index contributed by atoms with van der Waals surface area (Å²) in [6.07, 6.45) is 1.06. The maximum absolute atomic E-state index is 9.79. The first-order chi connectivity index (χ1) is 5.75. The van der Waals surface area contributed by atoms with Crippen LogP contribution < -0.4 is 5.73 Å². The van der Waals surface area contributed by atoms with Gasteiger partial charge in [0, 0.05) is 18.6 Å². The molecule has 0 aromatic rings. The van der Waals surface area contributed by atoms with Crippen molar-refractivity contribution < 1.29 is 5.11 Å². The fourth-order valence-electron chi connectivity index (χ4n) is 1.06. The zero-order valence-corrected chi connectivity index (χ0v) is 9.59. The monoisotopic (exact) mass is 188 g/mol. The van der Waals surface area contributed by atoms with Gasteiger partial charge in [0.05, 0.1) is 5.60 Å². The van der Waals surface area contributed by atoms with Gasteiger partial charge in [-0.1, -0.05) is 6.92 Å². The van der Waals surface area contributed by atoms with Crippen molar-refractivity contribution in [3.05, 3.63) is 0 Å². The molecule has 0 heterocycles. The first-order valence-electron chi connectivity index (χ1n) is 4.89. The van der Waals surface area contributed by atoms with Gasteiger partial charge in [0.25, 0.3) is 0 Å². The number of nitrogens with two attached hydrogens (primary N) is 1. The zero-order chi connectivity index (χ0) is 10.7. The fraction of sp³-hybridized carbons (Fsp3) is 1.00. The molecule has 0 radical (unpaired) electrons. The van der Waals surface area contributed by atoms with E-state index in [4.69, 9.17) is 5.73 Å². The van der Waals surface area contributed by atoms with Gasteiger partial charge < -0.3 is 10.8 Å². The first-order valence-corrected chi connectivity index (χ1v) is 4.89. The maximum atomic E-state index is 9.79. The molecule has 0 saturated heterocycles. The van der Waals surface area contributed by atoms with Crippen LogP contribution >= 0.6 is 0 Å². The summed E-state index contributed by atoms with van der Waals surface area (Å²) in [7, 11) is 2.02. The molecular formula is C10H24N2O. The second-order valence-electron chi connectivity index (χ2n) is 4.72. The standard InChI is InChI=1S/C10H24N2O/c1-6-9(2,3)12(5)8-10(4,13)7-11/h13H,6-8,11H2,1-5H3. The highest BCUT2D eigenvalue weighted by Gasteiger charge is 2.28. The number of hydrogen-bond acceptors (Lipinski definition) is 3. The third kappa shape index (κ3) is 4.07. The number of likely N-dealkylation sites (N-methyl/N-ethyl adjacent to an activating group) is 1. The molecule has 0 aliphatic heterocycles. The lowest BCUT2D eigenvalue weighted by Crippen LogP contribution is -2.51. The van der Waals surface area contributed by atoms with Gasteiger partial charge in [-0.05, 0) is 34.2 Å². The van der Waals surface area contributed by atoms with E-state index >= 15 is 0 Å². The van der Waals surface area contributed by atoms with Gasteiger partial charge in [-0.15, -0.1) is 0 Å². The van der Waals surface area contributed by atoms with E-state index in [0.717, 1.165) is 6.42 Å². The second-order valence-corrected chi connectivity index (χ2v) is 4.72. The number of β-amino-alcohol motifs (C(OH)–C–C–N with tert-alkyl or cyclic N) is 1. The third-order valence-electron chi connectivity index (χ3n) is 2.92. The number of hydrogen-bond donors (Lipinski definition) is 2. The topological polar surface area (TPSA) is 49.5 Å². The van der Waals surface area contributed by atoms with Crippen LogP contribution in [0.2, 0.25) is 0 Å².